The SMILES string of the molecule is O=[N+]([O-])C(Cl)C1=Nc2cccc3cccc(c23)N1. The summed E-state index contributed by atoms with van der Waals surface area (Å²) in [5.74, 6) is 0.146. The Morgan fingerprint density at radius 1 is 1.28 bits per heavy atom. The molecule has 2 aromatic rings. The van der Waals surface area contributed by atoms with Crippen molar-refractivity contribution in [3.05, 3.63) is 46.5 Å². The lowest BCUT2D eigenvalue weighted by molar-refractivity contribution is -0.480. The zero-order chi connectivity index (χ0) is 12.7. The number of anilines is 1. The number of nitrogens with zero attached hydrogens (tertiary/aromatic N) is 2. The maximum atomic E-state index is 10.7. The standard InChI is InChI=1S/C12H8ClN3O2/c13-11(16(17)18)12-14-8-5-1-3-7-4-2-6-9(15-12)10(7)8/h1-6,11H,(H,14,15). The molecule has 0 aliphatic carbocycles. The van der Waals surface area contributed by atoms with Gasteiger partial charge in [0.1, 0.15) is 0 Å². The van der Waals surface area contributed by atoms with E-state index in [4.69, 9.17) is 11.6 Å². The van der Waals surface area contributed by atoms with Crippen LogP contribution in [0.1, 0.15) is 0 Å². The molecule has 1 N–H and O–H groups in total. The van der Waals surface area contributed by atoms with Gasteiger partial charge in [-0.3, -0.25) is 10.1 Å². The number of rotatable bonds is 2. The normalized spacial score (nSPS) is 14.8. The van der Waals surface area contributed by atoms with E-state index in [2.05, 4.69) is 10.3 Å². The Kier molecular flexibility index (Phi) is 2.41. The molecule has 0 fully saturated rings. The number of hydrogen-bond acceptors (Lipinski definition) is 4. The zero-order valence-electron chi connectivity index (χ0n) is 9.13. The van der Waals surface area contributed by atoms with Crippen LogP contribution in [0.15, 0.2) is 41.4 Å². The van der Waals surface area contributed by atoms with Crippen LogP contribution in [0.4, 0.5) is 11.4 Å². The molecule has 0 radical (unpaired) electrons. The molecule has 0 bridgehead atoms. The Balaban J connectivity index is 2.20. The van der Waals surface area contributed by atoms with Gasteiger partial charge in [0, 0.05) is 16.0 Å². The van der Waals surface area contributed by atoms with E-state index >= 15 is 0 Å². The Morgan fingerprint density at radius 2 is 2.00 bits per heavy atom. The number of halogens is 1. The minimum absolute atomic E-state index is 0.146. The summed E-state index contributed by atoms with van der Waals surface area (Å²) in [5.41, 5.74) is 0.124. The first kappa shape index (κ1) is 11.0. The number of nitrogens with one attached hydrogen (secondary N) is 1. The van der Waals surface area contributed by atoms with Crippen LogP contribution < -0.4 is 5.32 Å². The Morgan fingerprint density at radius 3 is 2.72 bits per heavy atom. The van der Waals surface area contributed by atoms with E-state index < -0.39 is 10.4 Å². The molecule has 0 aromatic heterocycles. The lowest BCUT2D eigenvalue weighted by Gasteiger charge is -2.18. The summed E-state index contributed by atoms with van der Waals surface area (Å²) in [6, 6.07) is 11.3. The molecule has 3 rings (SSSR count). The average molecular weight is 262 g/mol. The highest BCUT2D eigenvalue weighted by Gasteiger charge is 2.27. The van der Waals surface area contributed by atoms with E-state index in [1.807, 2.05) is 36.4 Å². The number of benzene rings is 2. The molecule has 1 unspecified atom stereocenters. The summed E-state index contributed by atoms with van der Waals surface area (Å²) < 4.78 is 0. The van der Waals surface area contributed by atoms with Crippen LogP contribution in [0.25, 0.3) is 10.8 Å². The second-order valence-corrected chi connectivity index (χ2v) is 4.34. The summed E-state index contributed by atoms with van der Waals surface area (Å²) in [6.07, 6.45) is 0. The number of nitro groups is 1. The zero-order valence-corrected chi connectivity index (χ0v) is 9.89. The molecule has 1 aliphatic rings. The third-order valence-corrected chi connectivity index (χ3v) is 3.16. The van der Waals surface area contributed by atoms with Crippen LogP contribution in [-0.2, 0) is 0 Å². The second kappa shape index (κ2) is 3.96. The first-order valence-corrected chi connectivity index (χ1v) is 5.75. The minimum Gasteiger partial charge on any atom is -0.336 e. The second-order valence-electron chi connectivity index (χ2n) is 3.92. The minimum atomic E-state index is -1.37. The molecule has 0 spiro atoms. The number of alkyl halides is 1. The van der Waals surface area contributed by atoms with E-state index in [1.54, 1.807) is 0 Å². The van der Waals surface area contributed by atoms with Gasteiger partial charge in [0.15, 0.2) is 5.84 Å². The summed E-state index contributed by atoms with van der Waals surface area (Å²) in [5, 5.41) is 15.6. The smallest absolute Gasteiger partial charge is 0.336 e. The molecule has 0 amide bonds. The molecule has 90 valence electrons. The molecule has 0 saturated heterocycles. The fourth-order valence-corrected chi connectivity index (χ4v) is 2.13. The average Bonchev–Trinajstić information content (AvgIpc) is 2.38. The van der Waals surface area contributed by atoms with Gasteiger partial charge in [-0.15, -0.1) is 0 Å². The van der Waals surface area contributed by atoms with Gasteiger partial charge in [0.05, 0.1) is 5.69 Å². The van der Waals surface area contributed by atoms with Gasteiger partial charge < -0.3 is 5.32 Å². The van der Waals surface area contributed by atoms with Crippen LogP contribution in [0, 0.1) is 10.1 Å². The summed E-state index contributed by atoms with van der Waals surface area (Å²) >= 11 is 5.70. The number of hydrogen-bond donors (Lipinski definition) is 1. The van der Waals surface area contributed by atoms with Crippen molar-refractivity contribution >= 4 is 39.6 Å². The third-order valence-electron chi connectivity index (χ3n) is 2.80. The molecular formula is C12H8ClN3O2. The lowest BCUT2D eigenvalue weighted by atomic mass is 10.1. The predicted molar refractivity (Wildman–Crippen MR) is 71.3 cm³/mol. The van der Waals surface area contributed by atoms with Gasteiger partial charge in [-0.05, 0) is 29.1 Å². The lowest BCUT2D eigenvalue weighted by Crippen LogP contribution is -2.31. The number of aliphatic imine (C=N–C) groups is 1. The van der Waals surface area contributed by atoms with E-state index in [-0.39, 0.29) is 5.84 Å². The molecule has 5 nitrogen and oxygen atoms in total. The van der Waals surface area contributed by atoms with Crippen molar-refractivity contribution in [3.63, 3.8) is 0 Å². The topological polar surface area (TPSA) is 67.5 Å². The Bertz CT molecular complexity index is 679. The van der Waals surface area contributed by atoms with Gasteiger partial charge in [0.25, 0.3) is 0 Å². The van der Waals surface area contributed by atoms with E-state index in [1.165, 1.54) is 0 Å². The van der Waals surface area contributed by atoms with Gasteiger partial charge >= 0.3 is 5.50 Å². The molecule has 2 aromatic carbocycles. The fourth-order valence-electron chi connectivity index (χ4n) is 2.03. The van der Waals surface area contributed by atoms with Crippen LogP contribution in [0.2, 0.25) is 0 Å². The molecule has 0 saturated carbocycles. The quantitative estimate of drug-likeness (QED) is 0.391. The molecule has 1 aliphatic heterocycles. The van der Waals surface area contributed by atoms with Crippen LogP contribution in [-0.4, -0.2) is 16.3 Å². The van der Waals surface area contributed by atoms with Gasteiger partial charge in [-0.1, -0.05) is 24.3 Å². The highest BCUT2D eigenvalue weighted by molar-refractivity contribution is 6.34. The fraction of sp³-hybridized carbons (Fsp3) is 0.0833. The van der Waals surface area contributed by atoms with Crippen LogP contribution in [0.5, 0.6) is 0 Å². The summed E-state index contributed by atoms with van der Waals surface area (Å²) in [6.45, 7) is 0. The summed E-state index contributed by atoms with van der Waals surface area (Å²) in [7, 11) is 0. The Labute approximate surface area is 107 Å². The maximum Gasteiger partial charge on any atom is 0.343 e. The Hall–Kier alpha value is -2.14. The first-order valence-electron chi connectivity index (χ1n) is 5.32. The van der Waals surface area contributed by atoms with E-state index in [0.717, 1.165) is 16.5 Å². The van der Waals surface area contributed by atoms with Crippen molar-refractivity contribution in [3.8, 4) is 0 Å². The van der Waals surface area contributed by atoms with Crippen molar-refractivity contribution in [1.29, 1.82) is 0 Å². The van der Waals surface area contributed by atoms with Crippen LogP contribution in [0.3, 0.4) is 0 Å². The third kappa shape index (κ3) is 1.60. The molecular weight excluding hydrogens is 254 g/mol. The van der Waals surface area contributed by atoms with Gasteiger partial charge in [0.2, 0.25) is 0 Å². The van der Waals surface area contributed by atoms with Crippen molar-refractivity contribution < 1.29 is 4.92 Å². The number of amidine groups is 1. The molecule has 1 atom stereocenters. The van der Waals surface area contributed by atoms with Gasteiger partial charge in [-0.25, -0.2) is 4.99 Å². The largest absolute Gasteiger partial charge is 0.343 e. The highest BCUT2D eigenvalue weighted by atomic mass is 35.5. The molecule has 18 heavy (non-hydrogen) atoms. The molecule has 1 heterocycles. The van der Waals surface area contributed by atoms with Crippen molar-refractivity contribution in [1.82, 2.24) is 0 Å². The van der Waals surface area contributed by atoms with Crippen molar-refractivity contribution in [2.24, 2.45) is 4.99 Å². The maximum absolute atomic E-state index is 10.7. The van der Waals surface area contributed by atoms with Crippen molar-refractivity contribution in [2.45, 2.75) is 5.50 Å². The predicted octanol–water partition coefficient (Wildman–Crippen LogP) is 3.14. The summed E-state index contributed by atoms with van der Waals surface area (Å²) in [4.78, 5) is 14.3. The van der Waals surface area contributed by atoms with E-state index in [0.29, 0.717) is 5.69 Å². The highest BCUT2D eigenvalue weighted by Crippen LogP contribution is 2.36. The van der Waals surface area contributed by atoms with Gasteiger partial charge in [-0.2, -0.15) is 0 Å². The van der Waals surface area contributed by atoms with E-state index in [9.17, 15) is 10.1 Å². The monoisotopic (exact) mass is 261 g/mol. The van der Waals surface area contributed by atoms with Crippen molar-refractivity contribution in [2.75, 3.05) is 5.32 Å². The first-order chi connectivity index (χ1) is 8.66. The van der Waals surface area contributed by atoms with Crippen LogP contribution >= 0.6 is 11.6 Å². The molecule has 6 heteroatoms.